The van der Waals surface area contributed by atoms with Crippen molar-refractivity contribution in [2.45, 2.75) is 6.92 Å². The largest absolute Gasteiger partial charge is 0.489 e. The molecule has 0 aliphatic heterocycles. The van der Waals surface area contributed by atoms with Crippen LogP contribution in [-0.2, 0) is 0 Å². The molecule has 5 nitrogen and oxygen atoms in total. The monoisotopic (exact) mass is 281 g/mol. The highest BCUT2D eigenvalue weighted by Gasteiger charge is 2.15. The summed E-state index contributed by atoms with van der Waals surface area (Å²) in [5.74, 6) is -0.927. The molecule has 1 heterocycles. The molecule has 0 radical (unpaired) electrons. The molecule has 0 bridgehead atoms. The lowest BCUT2D eigenvalue weighted by molar-refractivity contribution is 0.359. The normalized spacial score (nSPS) is 10.2. The number of nitrogens with zero attached hydrogens (tertiary/aromatic N) is 2. The summed E-state index contributed by atoms with van der Waals surface area (Å²) in [6.45, 7) is 2.51. The molecule has 0 unspecified atom stereocenters. The lowest BCUT2D eigenvalue weighted by Gasteiger charge is -2.12. The van der Waals surface area contributed by atoms with Crippen LogP contribution in [0.5, 0.6) is 17.4 Å². The molecule has 0 aliphatic carbocycles. The van der Waals surface area contributed by atoms with Gasteiger partial charge >= 0.3 is 0 Å². The van der Waals surface area contributed by atoms with Crippen molar-refractivity contribution in [2.24, 2.45) is 0 Å². The Labute approximate surface area is 114 Å². The third kappa shape index (κ3) is 2.93. The van der Waals surface area contributed by atoms with Crippen LogP contribution in [0.1, 0.15) is 6.92 Å². The molecule has 1 N–H and O–H groups in total. The third-order valence-electron chi connectivity index (χ3n) is 2.42. The first kappa shape index (κ1) is 14.0. The smallest absolute Gasteiger partial charge is 0.268 e. The Morgan fingerprint density at radius 3 is 2.70 bits per heavy atom. The van der Waals surface area contributed by atoms with E-state index < -0.39 is 11.6 Å². The van der Waals surface area contributed by atoms with Crippen LogP contribution in [0.3, 0.4) is 0 Å². The van der Waals surface area contributed by atoms with Gasteiger partial charge < -0.3 is 14.8 Å². The van der Waals surface area contributed by atoms with E-state index >= 15 is 0 Å². The van der Waals surface area contributed by atoms with Gasteiger partial charge in [-0.1, -0.05) is 0 Å². The molecular weight excluding hydrogens is 268 g/mol. The maximum absolute atomic E-state index is 13.6. The highest BCUT2D eigenvalue weighted by atomic mass is 19.1. The van der Waals surface area contributed by atoms with E-state index in [9.17, 15) is 8.78 Å². The number of ether oxygens (including phenoxy) is 2. The first-order valence-corrected chi connectivity index (χ1v) is 5.91. The zero-order chi connectivity index (χ0) is 14.5. The molecule has 2 aromatic rings. The minimum atomic E-state index is -0.823. The second-order valence-corrected chi connectivity index (χ2v) is 3.77. The fraction of sp³-hybridized carbons (Fsp3) is 0.231. The number of rotatable bonds is 5. The van der Waals surface area contributed by atoms with E-state index in [0.29, 0.717) is 12.4 Å². The van der Waals surface area contributed by atoms with Crippen molar-refractivity contribution in [3.05, 3.63) is 36.2 Å². The summed E-state index contributed by atoms with van der Waals surface area (Å²) in [7, 11) is 1.42. The molecule has 0 spiro atoms. The van der Waals surface area contributed by atoms with Gasteiger partial charge in [0.25, 0.3) is 5.88 Å². The number of anilines is 1. The van der Waals surface area contributed by atoms with E-state index in [-0.39, 0.29) is 17.4 Å². The van der Waals surface area contributed by atoms with Crippen LogP contribution in [-0.4, -0.2) is 23.6 Å². The van der Waals surface area contributed by atoms with Crippen molar-refractivity contribution >= 4 is 5.82 Å². The fourth-order valence-electron chi connectivity index (χ4n) is 1.57. The Morgan fingerprint density at radius 2 is 2.05 bits per heavy atom. The lowest BCUT2D eigenvalue weighted by atomic mass is 10.3. The SMILES string of the molecule is CCNc1ncnc(Oc2ccc(F)cc2F)c1OC. The minimum Gasteiger partial charge on any atom is -0.489 e. The second-order valence-electron chi connectivity index (χ2n) is 3.77. The van der Waals surface area contributed by atoms with Gasteiger partial charge in [0.15, 0.2) is 17.4 Å². The van der Waals surface area contributed by atoms with Crippen LogP contribution in [0, 0.1) is 11.6 Å². The summed E-state index contributed by atoms with van der Waals surface area (Å²) in [4.78, 5) is 7.89. The van der Waals surface area contributed by atoms with Gasteiger partial charge in [-0.2, -0.15) is 4.98 Å². The number of benzene rings is 1. The van der Waals surface area contributed by atoms with Gasteiger partial charge in [0.2, 0.25) is 5.75 Å². The Bertz CT molecular complexity index is 608. The highest BCUT2D eigenvalue weighted by molar-refractivity contribution is 5.55. The lowest BCUT2D eigenvalue weighted by Crippen LogP contribution is -2.04. The summed E-state index contributed by atoms with van der Waals surface area (Å²) in [6, 6.07) is 3.00. The molecular formula is C13H13F2N3O2. The number of aromatic nitrogens is 2. The third-order valence-corrected chi connectivity index (χ3v) is 2.42. The predicted octanol–water partition coefficient (Wildman–Crippen LogP) is 2.99. The molecule has 1 aromatic heterocycles. The van der Waals surface area contributed by atoms with E-state index in [4.69, 9.17) is 9.47 Å². The number of halogens is 2. The molecule has 0 saturated carbocycles. The second kappa shape index (κ2) is 6.14. The van der Waals surface area contributed by atoms with Gasteiger partial charge in [-0.15, -0.1) is 0 Å². The molecule has 1 aromatic carbocycles. The van der Waals surface area contributed by atoms with E-state index in [2.05, 4.69) is 15.3 Å². The van der Waals surface area contributed by atoms with E-state index in [0.717, 1.165) is 12.1 Å². The highest BCUT2D eigenvalue weighted by Crippen LogP contribution is 2.34. The van der Waals surface area contributed by atoms with Crippen LogP contribution in [0.4, 0.5) is 14.6 Å². The predicted molar refractivity (Wildman–Crippen MR) is 69.2 cm³/mol. The van der Waals surface area contributed by atoms with Gasteiger partial charge in [0, 0.05) is 12.6 Å². The summed E-state index contributed by atoms with van der Waals surface area (Å²) in [5.41, 5.74) is 0. The maximum Gasteiger partial charge on any atom is 0.268 e. The molecule has 106 valence electrons. The van der Waals surface area contributed by atoms with Crippen molar-refractivity contribution in [3.63, 3.8) is 0 Å². The van der Waals surface area contributed by atoms with Gasteiger partial charge in [-0.25, -0.2) is 13.8 Å². The maximum atomic E-state index is 13.6. The topological polar surface area (TPSA) is 56.3 Å². The van der Waals surface area contributed by atoms with Crippen LogP contribution >= 0.6 is 0 Å². The van der Waals surface area contributed by atoms with Gasteiger partial charge in [0.1, 0.15) is 12.1 Å². The Morgan fingerprint density at radius 1 is 1.25 bits per heavy atom. The molecule has 0 amide bonds. The van der Waals surface area contributed by atoms with Gasteiger partial charge in [0.05, 0.1) is 7.11 Å². The quantitative estimate of drug-likeness (QED) is 0.913. The fourth-order valence-corrected chi connectivity index (χ4v) is 1.57. The van der Waals surface area contributed by atoms with Crippen LogP contribution in [0.2, 0.25) is 0 Å². The van der Waals surface area contributed by atoms with Crippen molar-refractivity contribution in [1.82, 2.24) is 9.97 Å². The Kier molecular flexibility index (Phi) is 4.29. The molecule has 0 fully saturated rings. The van der Waals surface area contributed by atoms with Gasteiger partial charge in [-0.05, 0) is 19.1 Å². The van der Waals surface area contributed by atoms with Gasteiger partial charge in [-0.3, -0.25) is 0 Å². The van der Waals surface area contributed by atoms with E-state index in [1.54, 1.807) is 0 Å². The Balaban J connectivity index is 2.35. The average molecular weight is 281 g/mol. The van der Waals surface area contributed by atoms with Crippen LogP contribution in [0.25, 0.3) is 0 Å². The standard InChI is InChI=1S/C13H13F2N3O2/c1-3-16-12-11(19-2)13(18-7-17-12)20-10-5-4-8(14)6-9(10)15/h4-7H,3H2,1-2H3,(H,16,17,18). The summed E-state index contributed by atoms with van der Waals surface area (Å²) >= 11 is 0. The van der Waals surface area contributed by atoms with Crippen molar-refractivity contribution in [1.29, 1.82) is 0 Å². The van der Waals surface area contributed by atoms with Crippen LogP contribution in [0.15, 0.2) is 24.5 Å². The van der Waals surface area contributed by atoms with E-state index in [1.165, 1.54) is 19.5 Å². The number of nitrogens with one attached hydrogen (secondary N) is 1. The number of hydrogen-bond acceptors (Lipinski definition) is 5. The summed E-state index contributed by atoms with van der Waals surface area (Å²) in [5, 5.41) is 2.97. The first-order valence-electron chi connectivity index (χ1n) is 5.91. The average Bonchev–Trinajstić information content (AvgIpc) is 2.42. The minimum absolute atomic E-state index is 0.0453. The molecule has 0 aliphatic rings. The van der Waals surface area contributed by atoms with Crippen LogP contribution < -0.4 is 14.8 Å². The summed E-state index contributed by atoms with van der Waals surface area (Å²) in [6.07, 6.45) is 1.26. The summed E-state index contributed by atoms with van der Waals surface area (Å²) < 4.78 is 36.9. The molecule has 7 heteroatoms. The Hall–Kier alpha value is -2.44. The first-order chi connectivity index (χ1) is 9.65. The zero-order valence-electron chi connectivity index (χ0n) is 11.0. The number of methoxy groups -OCH3 is 1. The van der Waals surface area contributed by atoms with Crippen molar-refractivity contribution in [3.8, 4) is 17.4 Å². The van der Waals surface area contributed by atoms with Crippen molar-refractivity contribution in [2.75, 3.05) is 19.0 Å². The molecule has 0 atom stereocenters. The van der Waals surface area contributed by atoms with Crippen molar-refractivity contribution < 1.29 is 18.3 Å². The molecule has 20 heavy (non-hydrogen) atoms. The molecule has 2 rings (SSSR count). The van der Waals surface area contributed by atoms with E-state index in [1.807, 2.05) is 6.92 Å². The molecule has 0 saturated heterocycles. The number of hydrogen-bond donors (Lipinski definition) is 1. The zero-order valence-corrected chi connectivity index (χ0v) is 11.0.